The third-order valence-corrected chi connectivity index (χ3v) is 6.09. The van der Waals surface area contributed by atoms with Gasteiger partial charge >= 0.3 is 6.03 Å². The van der Waals surface area contributed by atoms with Gasteiger partial charge in [-0.3, -0.25) is 0 Å². The Morgan fingerprint density at radius 1 is 1.29 bits per heavy atom. The Balaban J connectivity index is 1.65. The molecule has 2 aromatic carbocycles. The van der Waals surface area contributed by atoms with Crippen LogP contribution in [0.3, 0.4) is 0 Å². The van der Waals surface area contributed by atoms with Crippen LogP contribution in [0.25, 0.3) is 0 Å². The number of nitrogens with one attached hydrogen (secondary N) is 1. The summed E-state index contributed by atoms with van der Waals surface area (Å²) in [5.74, 6) is 0. The van der Waals surface area contributed by atoms with E-state index in [0.29, 0.717) is 24.7 Å². The summed E-state index contributed by atoms with van der Waals surface area (Å²) in [5.41, 5.74) is 2.39. The number of aromatic nitrogens is 3. The summed E-state index contributed by atoms with van der Waals surface area (Å²) >= 11 is 12.0. The molecule has 1 aliphatic heterocycles. The van der Waals surface area contributed by atoms with Gasteiger partial charge in [-0.2, -0.15) is 5.10 Å². The monoisotopic (exact) mass is 458 g/mol. The third kappa shape index (κ3) is 4.29. The van der Waals surface area contributed by atoms with Crippen LogP contribution in [-0.4, -0.2) is 40.6 Å². The predicted octanol–water partition coefficient (Wildman–Crippen LogP) is 4.25. The van der Waals surface area contributed by atoms with Crippen LogP contribution in [0.4, 0.5) is 4.79 Å². The minimum absolute atomic E-state index is 0.244. The molecule has 2 atom stereocenters. The number of rotatable bonds is 7. The highest BCUT2D eigenvalue weighted by Crippen LogP contribution is 2.59. The fraction of sp³-hybridized carbons (Fsp3) is 0.318. The zero-order valence-electron chi connectivity index (χ0n) is 17.2. The van der Waals surface area contributed by atoms with Crippen LogP contribution < -0.4 is 5.32 Å². The van der Waals surface area contributed by atoms with Crippen molar-refractivity contribution in [3.63, 3.8) is 0 Å². The van der Waals surface area contributed by atoms with Gasteiger partial charge in [0.15, 0.2) is 0 Å². The van der Waals surface area contributed by atoms with Crippen LogP contribution >= 0.6 is 23.8 Å². The fourth-order valence-corrected chi connectivity index (χ4v) is 4.07. The van der Waals surface area contributed by atoms with Gasteiger partial charge in [-0.25, -0.2) is 14.0 Å². The second-order valence-corrected chi connectivity index (χ2v) is 8.21. The van der Waals surface area contributed by atoms with Crippen LogP contribution in [0.5, 0.6) is 0 Å². The molecular weight excluding hydrogens is 436 g/mol. The summed E-state index contributed by atoms with van der Waals surface area (Å²) in [6, 6.07) is 15.5. The maximum absolute atomic E-state index is 12.4. The average Bonchev–Trinajstić information content (AvgIpc) is 3.37. The number of carbonyl (C=O) groups excluding carboxylic acids is 1. The molecule has 7 nitrogen and oxygen atoms in total. The Morgan fingerprint density at radius 2 is 2.03 bits per heavy atom. The van der Waals surface area contributed by atoms with E-state index in [-0.39, 0.29) is 16.9 Å². The second-order valence-electron chi connectivity index (χ2n) is 7.44. The lowest BCUT2D eigenvalue weighted by molar-refractivity contribution is 0.196. The van der Waals surface area contributed by atoms with E-state index in [1.165, 1.54) is 10.9 Å². The summed E-state index contributed by atoms with van der Waals surface area (Å²) in [5, 5.41) is 7.74. The number of benzene rings is 2. The van der Waals surface area contributed by atoms with Gasteiger partial charge in [0.25, 0.3) is 0 Å². The van der Waals surface area contributed by atoms with E-state index in [1.807, 2.05) is 55.5 Å². The normalized spacial score (nSPS) is 19.9. The number of ether oxygens (including phenoxy) is 2. The lowest BCUT2D eigenvalue weighted by Gasteiger charge is -2.15. The topological polar surface area (TPSA) is 73.6 Å². The van der Waals surface area contributed by atoms with E-state index in [2.05, 4.69) is 10.4 Å². The van der Waals surface area contributed by atoms with E-state index in [1.54, 1.807) is 11.8 Å². The quantitative estimate of drug-likeness (QED) is 0.325. The van der Waals surface area contributed by atoms with Crippen LogP contribution in [-0.2, 0) is 21.6 Å². The van der Waals surface area contributed by atoms with Gasteiger partial charge < -0.3 is 14.8 Å². The molecule has 2 unspecified atom stereocenters. The Bertz CT molecular complexity index is 1140. The van der Waals surface area contributed by atoms with Crippen molar-refractivity contribution in [1.82, 2.24) is 19.7 Å². The molecule has 1 aromatic heterocycles. The molecule has 162 valence electrons. The molecule has 1 amide bonds. The highest BCUT2D eigenvalue weighted by atomic mass is 35.5. The average molecular weight is 459 g/mol. The highest BCUT2D eigenvalue weighted by molar-refractivity contribution is 7.71. The molecule has 0 radical (unpaired) electrons. The number of halogens is 1. The summed E-state index contributed by atoms with van der Waals surface area (Å²) in [4.78, 5) is 12.4. The fourth-order valence-electron chi connectivity index (χ4n) is 3.60. The number of epoxide rings is 1. The molecule has 0 spiro atoms. The van der Waals surface area contributed by atoms with Crippen LogP contribution in [0.15, 0.2) is 54.9 Å². The maximum atomic E-state index is 12.4. The van der Waals surface area contributed by atoms with Crippen molar-refractivity contribution in [3.05, 3.63) is 81.3 Å². The van der Waals surface area contributed by atoms with Gasteiger partial charge in [0, 0.05) is 24.2 Å². The Hall–Kier alpha value is -2.52. The summed E-state index contributed by atoms with van der Waals surface area (Å²) in [6.45, 7) is 3.18. The molecule has 4 rings (SSSR count). The van der Waals surface area contributed by atoms with Crippen molar-refractivity contribution in [2.24, 2.45) is 0 Å². The number of hydrogen-bond acceptors (Lipinski definition) is 5. The highest BCUT2D eigenvalue weighted by Gasteiger charge is 2.59. The minimum Gasteiger partial charge on any atom is -0.383 e. The van der Waals surface area contributed by atoms with E-state index in [4.69, 9.17) is 33.3 Å². The summed E-state index contributed by atoms with van der Waals surface area (Å²) in [7, 11) is 1.57. The maximum Gasteiger partial charge on any atom is 0.329 e. The van der Waals surface area contributed by atoms with E-state index < -0.39 is 5.60 Å². The predicted molar refractivity (Wildman–Crippen MR) is 120 cm³/mol. The first-order valence-electron chi connectivity index (χ1n) is 9.87. The first-order valence-corrected chi connectivity index (χ1v) is 10.7. The number of nitrogens with zero attached hydrogens (tertiary/aromatic N) is 3. The Kier molecular flexibility index (Phi) is 6.24. The number of aryl methyl sites for hydroxylation is 1. The van der Waals surface area contributed by atoms with Crippen molar-refractivity contribution in [1.29, 1.82) is 0 Å². The molecule has 31 heavy (non-hydrogen) atoms. The first kappa shape index (κ1) is 21.7. The number of carbonyl (C=O) groups is 1. The standard InChI is InChI=1S/C22H23ClN4O3S/c1-15-7-9-16(10-8-15)22(19(30-22)17-5-3-4-6-18(17)23)13-27-21(31)26(14-25-27)20(28)24-11-12-29-2/h3-10,14,19H,11-13H2,1-2H3,(H,24,28). The molecule has 1 aliphatic rings. The van der Waals surface area contributed by atoms with Crippen LogP contribution in [0.1, 0.15) is 22.8 Å². The van der Waals surface area contributed by atoms with E-state index in [0.717, 1.165) is 16.7 Å². The zero-order chi connectivity index (χ0) is 22.0. The largest absolute Gasteiger partial charge is 0.383 e. The number of amides is 1. The van der Waals surface area contributed by atoms with Crippen molar-refractivity contribution < 1.29 is 14.3 Å². The SMILES string of the molecule is COCCNC(=O)n1cnn(CC2(c3ccc(C)cc3)OC2c2ccccc2Cl)c1=S. The summed E-state index contributed by atoms with van der Waals surface area (Å²) in [6.07, 6.45) is 1.17. The molecule has 1 fully saturated rings. The van der Waals surface area contributed by atoms with E-state index in [9.17, 15) is 4.79 Å². The zero-order valence-corrected chi connectivity index (χ0v) is 18.8. The first-order chi connectivity index (χ1) is 15.0. The van der Waals surface area contributed by atoms with Gasteiger partial charge in [0.2, 0.25) is 4.77 Å². The molecule has 0 saturated carbocycles. The molecule has 0 bridgehead atoms. The second kappa shape index (κ2) is 8.92. The van der Waals surface area contributed by atoms with Crippen LogP contribution in [0, 0.1) is 11.7 Å². The van der Waals surface area contributed by atoms with Crippen molar-refractivity contribution in [2.45, 2.75) is 25.2 Å². The smallest absolute Gasteiger partial charge is 0.329 e. The molecule has 3 aromatic rings. The number of methoxy groups -OCH3 is 1. The summed E-state index contributed by atoms with van der Waals surface area (Å²) < 4.78 is 14.5. The lowest BCUT2D eigenvalue weighted by Crippen LogP contribution is -2.31. The number of hydrogen-bond donors (Lipinski definition) is 1. The van der Waals surface area contributed by atoms with Crippen molar-refractivity contribution in [3.8, 4) is 0 Å². The molecule has 9 heteroatoms. The van der Waals surface area contributed by atoms with Crippen molar-refractivity contribution in [2.75, 3.05) is 20.3 Å². The van der Waals surface area contributed by atoms with Gasteiger partial charge in [-0.05, 0) is 30.8 Å². The third-order valence-electron chi connectivity index (χ3n) is 5.34. The Morgan fingerprint density at radius 3 is 2.74 bits per heavy atom. The molecule has 0 aliphatic carbocycles. The van der Waals surface area contributed by atoms with Gasteiger partial charge in [-0.1, -0.05) is 59.6 Å². The minimum atomic E-state index is -0.678. The Labute approximate surface area is 190 Å². The molecule has 1 N–H and O–H groups in total. The lowest BCUT2D eigenvalue weighted by atomic mass is 9.91. The molecular formula is C22H23ClN4O3S. The molecule has 2 heterocycles. The van der Waals surface area contributed by atoms with Crippen molar-refractivity contribution >= 4 is 29.8 Å². The molecule has 1 saturated heterocycles. The van der Waals surface area contributed by atoms with Gasteiger partial charge in [0.1, 0.15) is 18.0 Å². The van der Waals surface area contributed by atoms with Crippen LogP contribution in [0.2, 0.25) is 5.02 Å². The van der Waals surface area contributed by atoms with Gasteiger partial charge in [-0.15, -0.1) is 0 Å². The van der Waals surface area contributed by atoms with Gasteiger partial charge in [0.05, 0.1) is 13.2 Å². The van der Waals surface area contributed by atoms with E-state index >= 15 is 0 Å².